The van der Waals surface area contributed by atoms with E-state index in [-0.39, 0.29) is 35.9 Å². The first-order chi connectivity index (χ1) is 18.2. The first-order valence-corrected chi connectivity index (χ1v) is 11.8. The van der Waals surface area contributed by atoms with E-state index in [1.807, 2.05) is 6.07 Å². The minimum atomic E-state index is -0.745. The van der Waals surface area contributed by atoms with Gasteiger partial charge in [-0.15, -0.1) is 0 Å². The predicted molar refractivity (Wildman–Crippen MR) is 144 cm³/mol. The summed E-state index contributed by atoms with van der Waals surface area (Å²) in [6.45, 7) is 1.72. The Labute approximate surface area is 227 Å². The monoisotopic (exact) mass is 554 g/mol. The van der Waals surface area contributed by atoms with Gasteiger partial charge in [-0.25, -0.2) is 0 Å². The average molecular weight is 555 g/mol. The Morgan fingerprint density at radius 3 is 2.45 bits per heavy atom. The quantitative estimate of drug-likeness (QED) is 0.138. The Morgan fingerprint density at radius 1 is 1.00 bits per heavy atom. The largest absolute Gasteiger partial charge is 0.490 e. The number of amides is 2. The van der Waals surface area contributed by atoms with E-state index in [2.05, 4.69) is 10.6 Å². The zero-order chi connectivity index (χ0) is 27.7. The molecule has 0 bridgehead atoms. The van der Waals surface area contributed by atoms with Crippen LogP contribution in [0.2, 0.25) is 10.0 Å². The highest BCUT2D eigenvalue weighted by molar-refractivity contribution is 6.42. The fourth-order valence-corrected chi connectivity index (χ4v) is 3.43. The Kier molecular flexibility index (Phi) is 9.65. The fraction of sp³-hybridized carbons (Fsp3) is 0.115. The van der Waals surface area contributed by atoms with Gasteiger partial charge in [-0.3, -0.25) is 19.7 Å². The summed E-state index contributed by atoms with van der Waals surface area (Å²) in [6.07, 6.45) is 1.33. The number of carbonyl (C=O) groups excluding carboxylic acids is 2. The second-order valence-electron chi connectivity index (χ2n) is 7.54. The van der Waals surface area contributed by atoms with Gasteiger partial charge in [0.1, 0.15) is 11.6 Å². The van der Waals surface area contributed by atoms with E-state index in [1.54, 1.807) is 31.2 Å². The first-order valence-electron chi connectivity index (χ1n) is 11.0. The predicted octanol–water partition coefficient (Wildman–Crippen LogP) is 5.86. The summed E-state index contributed by atoms with van der Waals surface area (Å²) in [5, 5.41) is 26.2. The molecule has 3 rings (SSSR count). The van der Waals surface area contributed by atoms with Gasteiger partial charge in [0.15, 0.2) is 18.1 Å². The van der Waals surface area contributed by atoms with E-state index in [1.165, 1.54) is 42.5 Å². The van der Waals surface area contributed by atoms with E-state index in [0.29, 0.717) is 27.0 Å². The maximum absolute atomic E-state index is 12.6. The molecule has 0 saturated carbocycles. The van der Waals surface area contributed by atoms with Crippen molar-refractivity contribution in [2.75, 3.05) is 23.8 Å². The van der Waals surface area contributed by atoms with Crippen molar-refractivity contribution in [3.63, 3.8) is 0 Å². The third kappa shape index (κ3) is 7.70. The molecule has 2 N–H and O–H groups in total. The highest BCUT2D eigenvalue weighted by atomic mass is 35.5. The van der Waals surface area contributed by atoms with Gasteiger partial charge in [0.2, 0.25) is 0 Å². The normalized spacial score (nSPS) is 10.7. The molecule has 0 aliphatic heterocycles. The van der Waals surface area contributed by atoms with E-state index in [0.717, 1.165) is 0 Å². The van der Waals surface area contributed by atoms with Crippen LogP contribution in [0.1, 0.15) is 12.5 Å². The number of nitrogens with zero attached hydrogens (tertiary/aromatic N) is 2. The molecule has 0 aromatic heterocycles. The molecule has 0 radical (unpaired) electrons. The molecule has 0 fully saturated rings. The summed E-state index contributed by atoms with van der Waals surface area (Å²) in [5.41, 5.74) is 0.627. The molecule has 0 heterocycles. The number of nitriles is 1. The molecule has 0 aliphatic rings. The molecule has 0 spiro atoms. The fourth-order valence-electron chi connectivity index (χ4n) is 3.13. The first kappa shape index (κ1) is 28.0. The van der Waals surface area contributed by atoms with Gasteiger partial charge >= 0.3 is 0 Å². The molecule has 38 heavy (non-hydrogen) atoms. The van der Waals surface area contributed by atoms with Gasteiger partial charge in [0.25, 0.3) is 17.5 Å². The third-order valence-electron chi connectivity index (χ3n) is 4.82. The molecule has 0 atom stereocenters. The molecule has 0 aliphatic carbocycles. The number of anilines is 2. The van der Waals surface area contributed by atoms with Crippen LogP contribution < -0.4 is 20.1 Å². The van der Waals surface area contributed by atoms with Gasteiger partial charge in [0, 0.05) is 23.5 Å². The maximum atomic E-state index is 12.6. The lowest BCUT2D eigenvalue weighted by molar-refractivity contribution is -0.384. The van der Waals surface area contributed by atoms with Crippen LogP contribution in [0.25, 0.3) is 6.08 Å². The van der Waals surface area contributed by atoms with Gasteiger partial charge in [0.05, 0.1) is 21.6 Å². The molecule has 194 valence electrons. The summed E-state index contributed by atoms with van der Waals surface area (Å²) in [7, 11) is 0. The number of benzene rings is 3. The van der Waals surface area contributed by atoms with Gasteiger partial charge in [-0.2, -0.15) is 5.26 Å². The lowest BCUT2D eigenvalue weighted by Gasteiger charge is -2.13. The maximum Gasteiger partial charge on any atom is 0.271 e. The van der Waals surface area contributed by atoms with Crippen LogP contribution in [-0.2, 0) is 9.59 Å². The lowest BCUT2D eigenvalue weighted by atomic mass is 10.1. The highest BCUT2D eigenvalue weighted by Crippen LogP contribution is 2.30. The number of nitrogens with one attached hydrogen (secondary N) is 2. The second kappa shape index (κ2) is 13.1. The molecule has 3 aromatic carbocycles. The minimum Gasteiger partial charge on any atom is -0.490 e. The van der Waals surface area contributed by atoms with Crippen molar-refractivity contribution >= 4 is 58.2 Å². The van der Waals surface area contributed by atoms with Gasteiger partial charge in [-0.1, -0.05) is 35.3 Å². The average Bonchev–Trinajstić information content (AvgIpc) is 2.89. The van der Waals surface area contributed by atoms with Crippen LogP contribution >= 0.6 is 23.2 Å². The number of hydrogen-bond donors (Lipinski definition) is 2. The Morgan fingerprint density at radius 2 is 1.76 bits per heavy atom. The summed E-state index contributed by atoms with van der Waals surface area (Å²) in [4.78, 5) is 35.2. The SMILES string of the molecule is CCOc1cc(/C=C(/C#N)C(=O)Nc2cccc([N+](=O)[O-])c2)ccc1OCC(=O)Nc1ccc(Cl)c(Cl)c1. The van der Waals surface area contributed by atoms with Crippen molar-refractivity contribution in [3.05, 3.63) is 92.0 Å². The lowest BCUT2D eigenvalue weighted by Crippen LogP contribution is -2.20. The molecule has 12 heteroatoms. The minimum absolute atomic E-state index is 0.170. The van der Waals surface area contributed by atoms with Crippen molar-refractivity contribution in [2.45, 2.75) is 6.92 Å². The number of rotatable bonds is 10. The summed E-state index contributed by atoms with van der Waals surface area (Å²) >= 11 is 11.8. The standard InChI is InChI=1S/C26H20Cl2N4O6/c1-2-37-24-11-16(10-17(14-29)26(34)31-18-4-3-5-20(12-18)32(35)36)6-9-23(24)38-15-25(33)30-19-7-8-21(27)22(28)13-19/h3-13H,2,15H2,1H3,(H,30,33)(H,31,34)/b17-10-. The molecule has 0 saturated heterocycles. The third-order valence-corrected chi connectivity index (χ3v) is 5.56. The van der Waals surface area contributed by atoms with Crippen LogP contribution in [0.4, 0.5) is 17.1 Å². The van der Waals surface area contributed by atoms with Crippen molar-refractivity contribution in [1.29, 1.82) is 5.26 Å². The molecular formula is C26H20Cl2N4O6. The second-order valence-corrected chi connectivity index (χ2v) is 8.35. The van der Waals surface area contributed by atoms with Crippen LogP contribution in [0.5, 0.6) is 11.5 Å². The molecule has 3 aromatic rings. The molecular weight excluding hydrogens is 535 g/mol. The number of nitro groups is 1. The summed E-state index contributed by atoms with van der Waals surface area (Å²) in [5.74, 6) is -0.627. The van der Waals surface area contributed by atoms with E-state index < -0.39 is 16.7 Å². The number of carbonyl (C=O) groups is 2. The zero-order valence-electron chi connectivity index (χ0n) is 19.9. The van der Waals surface area contributed by atoms with Crippen molar-refractivity contribution in [1.82, 2.24) is 0 Å². The number of ether oxygens (including phenoxy) is 2. The smallest absolute Gasteiger partial charge is 0.271 e. The van der Waals surface area contributed by atoms with Crippen LogP contribution in [0.15, 0.2) is 66.2 Å². The van der Waals surface area contributed by atoms with Crippen LogP contribution in [0.3, 0.4) is 0 Å². The van der Waals surface area contributed by atoms with Crippen LogP contribution in [-0.4, -0.2) is 30.0 Å². The Balaban J connectivity index is 1.71. The number of halogens is 2. The molecule has 0 unspecified atom stereocenters. The van der Waals surface area contributed by atoms with Gasteiger partial charge < -0.3 is 20.1 Å². The van der Waals surface area contributed by atoms with Crippen molar-refractivity contribution < 1.29 is 24.0 Å². The van der Waals surface area contributed by atoms with E-state index >= 15 is 0 Å². The summed E-state index contributed by atoms with van der Waals surface area (Å²) in [6, 6.07) is 16.5. The highest BCUT2D eigenvalue weighted by Gasteiger charge is 2.14. The van der Waals surface area contributed by atoms with Gasteiger partial charge in [-0.05, 0) is 55.0 Å². The van der Waals surface area contributed by atoms with Crippen molar-refractivity contribution in [2.24, 2.45) is 0 Å². The number of non-ortho nitro benzene ring substituents is 1. The Bertz CT molecular complexity index is 1450. The van der Waals surface area contributed by atoms with E-state index in [9.17, 15) is 25.0 Å². The zero-order valence-corrected chi connectivity index (χ0v) is 21.4. The number of nitro benzene ring substituents is 1. The number of hydrogen-bond acceptors (Lipinski definition) is 7. The summed E-state index contributed by atoms with van der Waals surface area (Å²) < 4.78 is 11.2. The van der Waals surface area contributed by atoms with Crippen LogP contribution in [0, 0.1) is 21.4 Å². The molecule has 10 nitrogen and oxygen atoms in total. The topological polar surface area (TPSA) is 144 Å². The van der Waals surface area contributed by atoms with Crippen molar-refractivity contribution in [3.8, 4) is 17.6 Å². The molecule has 2 amide bonds. The van der Waals surface area contributed by atoms with E-state index in [4.69, 9.17) is 32.7 Å². The Hall–Kier alpha value is -4.59.